The third kappa shape index (κ3) is 4.60. The maximum atomic E-state index is 9.52. The molecule has 3 heterocycles. The molecule has 4 rings (SSSR count). The fraction of sp³-hybridized carbons (Fsp3) is 0.360. The summed E-state index contributed by atoms with van der Waals surface area (Å²) in [6.07, 6.45) is 6.02. The van der Waals surface area contributed by atoms with Gasteiger partial charge in [0.1, 0.15) is 5.75 Å². The number of aromatic nitrogens is 1. The van der Waals surface area contributed by atoms with E-state index in [9.17, 15) is 5.11 Å². The van der Waals surface area contributed by atoms with Crippen LogP contribution in [0.1, 0.15) is 44.7 Å². The van der Waals surface area contributed by atoms with Crippen LogP contribution >= 0.6 is 11.6 Å². The molecule has 0 radical (unpaired) electrons. The number of amidine groups is 1. The number of halogens is 1. The molecule has 6 nitrogen and oxygen atoms in total. The predicted octanol–water partition coefficient (Wildman–Crippen LogP) is 4.68. The maximum Gasteiger partial charge on any atom is 0.156 e. The minimum Gasteiger partial charge on any atom is -0.508 e. The lowest BCUT2D eigenvalue weighted by molar-refractivity contribution is 0.365. The number of hydrogen-bond donors (Lipinski definition) is 3. The molecule has 0 bridgehead atoms. The molecule has 0 amide bonds. The molecule has 168 valence electrons. The van der Waals surface area contributed by atoms with Crippen LogP contribution in [0.3, 0.4) is 0 Å². The molecule has 1 aromatic carbocycles. The van der Waals surface area contributed by atoms with Gasteiger partial charge in [-0.25, -0.2) is 4.99 Å². The van der Waals surface area contributed by atoms with E-state index in [1.165, 1.54) is 11.1 Å². The lowest BCUT2D eigenvalue weighted by Crippen LogP contribution is -2.33. The van der Waals surface area contributed by atoms with E-state index in [1.807, 2.05) is 24.4 Å². The Balaban J connectivity index is 1.68. The van der Waals surface area contributed by atoms with Crippen molar-refractivity contribution in [3.05, 3.63) is 75.8 Å². The van der Waals surface area contributed by atoms with E-state index in [-0.39, 0.29) is 0 Å². The van der Waals surface area contributed by atoms with Crippen molar-refractivity contribution in [3.63, 3.8) is 0 Å². The molecule has 0 saturated carbocycles. The Hall–Kier alpha value is -2.99. The monoisotopic (exact) mass is 451 g/mol. The molecular formula is C25H30ClN5O. The molecule has 0 unspecified atom stereocenters. The Kier molecular flexibility index (Phi) is 6.70. The number of phenols is 1. The minimum absolute atomic E-state index is 0.291. The first-order valence-electron chi connectivity index (χ1n) is 11.1. The van der Waals surface area contributed by atoms with Crippen LogP contribution in [0.5, 0.6) is 5.75 Å². The van der Waals surface area contributed by atoms with Crippen molar-refractivity contribution in [1.29, 1.82) is 0 Å². The van der Waals surface area contributed by atoms with E-state index in [0.29, 0.717) is 16.8 Å². The Morgan fingerprint density at radius 2 is 2.00 bits per heavy atom. The van der Waals surface area contributed by atoms with Crippen molar-refractivity contribution in [2.45, 2.75) is 46.1 Å². The van der Waals surface area contributed by atoms with Crippen molar-refractivity contribution in [1.82, 2.24) is 20.5 Å². The van der Waals surface area contributed by atoms with E-state index in [0.717, 1.165) is 61.0 Å². The molecule has 0 spiro atoms. The summed E-state index contributed by atoms with van der Waals surface area (Å²) < 4.78 is 0. The highest BCUT2D eigenvalue weighted by atomic mass is 35.5. The van der Waals surface area contributed by atoms with Crippen LogP contribution in [0.25, 0.3) is 5.70 Å². The average Bonchev–Trinajstić information content (AvgIpc) is 3.14. The molecule has 0 atom stereocenters. The first-order chi connectivity index (χ1) is 15.5. The van der Waals surface area contributed by atoms with Crippen LogP contribution in [-0.4, -0.2) is 40.1 Å². The summed E-state index contributed by atoms with van der Waals surface area (Å²) in [6, 6.07) is 9.51. The molecule has 1 saturated heterocycles. The molecule has 1 fully saturated rings. The fourth-order valence-electron chi connectivity index (χ4n) is 4.09. The topological polar surface area (TPSA) is 72.8 Å². The molecule has 2 aliphatic rings. The second kappa shape index (κ2) is 9.65. The van der Waals surface area contributed by atoms with Gasteiger partial charge in [0.05, 0.1) is 23.1 Å². The number of allylic oxidation sites excluding steroid dienone is 1. The molecule has 2 aliphatic heterocycles. The van der Waals surface area contributed by atoms with E-state index in [4.69, 9.17) is 16.6 Å². The van der Waals surface area contributed by atoms with Gasteiger partial charge in [0, 0.05) is 42.7 Å². The van der Waals surface area contributed by atoms with Gasteiger partial charge in [-0.05, 0) is 56.0 Å². The smallest absolute Gasteiger partial charge is 0.156 e. The summed E-state index contributed by atoms with van der Waals surface area (Å²) in [7, 11) is 0. The average molecular weight is 452 g/mol. The number of rotatable bonds is 7. The van der Waals surface area contributed by atoms with Gasteiger partial charge in [-0.1, -0.05) is 30.7 Å². The van der Waals surface area contributed by atoms with Crippen molar-refractivity contribution in [2.24, 2.45) is 4.99 Å². The minimum atomic E-state index is 0.291. The van der Waals surface area contributed by atoms with Gasteiger partial charge in [0.2, 0.25) is 0 Å². The van der Waals surface area contributed by atoms with Crippen LogP contribution in [0.4, 0.5) is 0 Å². The highest BCUT2D eigenvalue weighted by Gasteiger charge is 2.31. The summed E-state index contributed by atoms with van der Waals surface area (Å²) in [5.41, 5.74) is 6.41. The van der Waals surface area contributed by atoms with E-state index in [1.54, 1.807) is 18.3 Å². The number of nitrogens with one attached hydrogen (secondary N) is 2. The van der Waals surface area contributed by atoms with E-state index in [2.05, 4.69) is 41.3 Å². The van der Waals surface area contributed by atoms with Crippen molar-refractivity contribution in [3.8, 4) is 5.75 Å². The standard InChI is InChI=1S/C25H30ClN5O/c1-4-18-13-22(28-12-9-17-5-7-19(32)8-6-17)24-25(31(15-29-24)16(2)3)30-23(18)20-14-27-11-10-21(20)26/h5-8,10-11,14,16,28-29,32H,4,9,12-13,15H2,1-3H3. The SMILES string of the molecule is CCC1=C(c2cnccc2Cl)N=C2C(=C(NCCc3ccc(O)cc3)C1)NCN2C(C)C. The number of hydrogen-bond acceptors (Lipinski definition) is 6. The molecular weight excluding hydrogens is 422 g/mol. The first-order valence-corrected chi connectivity index (χ1v) is 11.5. The predicted molar refractivity (Wildman–Crippen MR) is 130 cm³/mol. The fourth-order valence-corrected chi connectivity index (χ4v) is 4.28. The molecule has 1 aromatic heterocycles. The molecule has 0 aliphatic carbocycles. The molecule has 32 heavy (non-hydrogen) atoms. The van der Waals surface area contributed by atoms with Crippen LogP contribution < -0.4 is 10.6 Å². The quantitative estimate of drug-likeness (QED) is 0.570. The Morgan fingerprint density at radius 1 is 1.22 bits per heavy atom. The van der Waals surface area contributed by atoms with Gasteiger partial charge in [-0.15, -0.1) is 0 Å². The lowest BCUT2D eigenvalue weighted by Gasteiger charge is -2.22. The van der Waals surface area contributed by atoms with Gasteiger partial charge in [0.15, 0.2) is 5.84 Å². The first kappa shape index (κ1) is 22.2. The van der Waals surface area contributed by atoms with Gasteiger partial charge < -0.3 is 20.6 Å². The van der Waals surface area contributed by atoms with Gasteiger partial charge in [0.25, 0.3) is 0 Å². The van der Waals surface area contributed by atoms with Gasteiger partial charge in [-0.3, -0.25) is 4.98 Å². The molecule has 7 heteroatoms. The zero-order valence-corrected chi connectivity index (χ0v) is 19.6. The Labute approximate surface area is 194 Å². The highest BCUT2D eigenvalue weighted by molar-refractivity contribution is 6.32. The highest BCUT2D eigenvalue weighted by Crippen LogP contribution is 2.35. The summed E-state index contributed by atoms with van der Waals surface area (Å²) in [4.78, 5) is 11.7. The number of aromatic hydroxyl groups is 1. The number of pyridine rings is 1. The zero-order valence-electron chi connectivity index (χ0n) is 18.8. The molecule has 2 aromatic rings. The van der Waals surface area contributed by atoms with E-state index >= 15 is 0 Å². The van der Waals surface area contributed by atoms with Gasteiger partial charge >= 0.3 is 0 Å². The zero-order chi connectivity index (χ0) is 22.7. The largest absolute Gasteiger partial charge is 0.508 e. The maximum absolute atomic E-state index is 9.52. The number of phenolic OH excluding ortho intramolecular Hbond substituents is 1. The van der Waals surface area contributed by atoms with E-state index < -0.39 is 0 Å². The number of fused-ring (bicyclic) bond motifs is 1. The van der Waals surface area contributed by atoms with Crippen molar-refractivity contribution in [2.75, 3.05) is 13.2 Å². The van der Waals surface area contributed by atoms with Crippen LogP contribution in [0.15, 0.2) is 64.7 Å². The second-order valence-electron chi connectivity index (χ2n) is 8.37. The summed E-state index contributed by atoms with van der Waals surface area (Å²) in [6.45, 7) is 8.03. The number of nitrogens with zero attached hydrogens (tertiary/aromatic N) is 3. The summed E-state index contributed by atoms with van der Waals surface area (Å²) >= 11 is 6.55. The van der Waals surface area contributed by atoms with Crippen molar-refractivity contribution < 1.29 is 5.11 Å². The summed E-state index contributed by atoms with van der Waals surface area (Å²) in [5, 5.41) is 17.4. The Morgan fingerprint density at radius 3 is 2.69 bits per heavy atom. The van der Waals surface area contributed by atoms with Crippen molar-refractivity contribution >= 4 is 23.1 Å². The second-order valence-corrected chi connectivity index (χ2v) is 8.78. The summed E-state index contributed by atoms with van der Waals surface area (Å²) in [5.74, 6) is 1.24. The number of aliphatic imine (C=N–C) groups is 1. The number of benzene rings is 1. The van der Waals surface area contributed by atoms with Crippen LogP contribution in [0.2, 0.25) is 5.02 Å². The van der Waals surface area contributed by atoms with Gasteiger partial charge in [-0.2, -0.15) is 0 Å². The lowest BCUT2D eigenvalue weighted by atomic mass is 10.0. The van der Waals surface area contributed by atoms with Crippen LogP contribution in [0, 0.1) is 0 Å². The third-order valence-corrected chi connectivity index (χ3v) is 6.26. The third-order valence-electron chi connectivity index (χ3n) is 5.93. The van der Waals surface area contributed by atoms with Crippen LogP contribution in [-0.2, 0) is 6.42 Å². The Bertz CT molecular complexity index is 1070. The molecule has 3 N–H and O–H groups in total. The normalized spacial score (nSPS) is 16.2.